The van der Waals surface area contributed by atoms with E-state index >= 15 is 0 Å². The van der Waals surface area contributed by atoms with Gasteiger partial charge in [0.05, 0.1) is 12.1 Å². The molecule has 0 atom stereocenters. The van der Waals surface area contributed by atoms with Crippen LogP contribution in [0.5, 0.6) is 0 Å². The van der Waals surface area contributed by atoms with Crippen molar-refractivity contribution in [1.29, 1.82) is 0 Å². The minimum atomic E-state index is -1.06. The Bertz CT molecular complexity index is 431. The van der Waals surface area contributed by atoms with Gasteiger partial charge in [0.15, 0.2) is 0 Å². The van der Waals surface area contributed by atoms with Crippen LogP contribution in [0.1, 0.15) is 12.6 Å². The Labute approximate surface area is 82.7 Å². The average Bonchev–Trinajstić information content (AvgIpc) is 2.34. The normalized spacial score (nSPS) is 11.6. The van der Waals surface area contributed by atoms with E-state index < -0.39 is 11.9 Å². The molecule has 1 aromatic rings. The highest BCUT2D eigenvalue weighted by Crippen LogP contribution is 2.00. The van der Waals surface area contributed by atoms with E-state index in [1.165, 1.54) is 12.3 Å². The fourth-order valence-electron chi connectivity index (χ4n) is 0.823. The number of carbonyl (C=O) groups is 2. The highest BCUT2D eigenvalue weighted by molar-refractivity contribution is 7.07. The molecule has 0 bridgehead atoms. The first-order valence-corrected chi connectivity index (χ1v) is 4.54. The lowest BCUT2D eigenvalue weighted by Gasteiger charge is -1.95. The summed E-state index contributed by atoms with van der Waals surface area (Å²) in [6.45, 7) is 1.25. The average molecular weight is 216 g/mol. The van der Waals surface area contributed by atoms with Gasteiger partial charge >= 0.3 is 5.97 Å². The van der Waals surface area contributed by atoms with Crippen LogP contribution >= 0.6 is 11.3 Å². The lowest BCUT2D eigenvalue weighted by molar-refractivity contribution is -0.136. The summed E-state index contributed by atoms with van der Waals surface area (Å²) >= 11 is 1.01. The monoisotopic (exact) mass is 216 g/mol. The van der Waals surface area contributed by atoms with Crippen LogP contribution in [0.3, 0.4) is 0 Å². The smallest absolute Gasteiger partial charge is 0.309 e. The number of rotatable bonds is 2. The molecule has 14 heavy (non-hydrogen) atoms. The lowest BCUT2D eigenvalue weighted by Crippen LogP contribution is -2.17. The fraction of sp³-hybridized carbons (Fsp3) is 0.286. The Morgan fingerprint density at radius 1 is 1.64 bits per heavy atom. The third kappa shape index (κ3) is 2.43. The Balaban J connectivity index is 3.08. The van der Waals surface area contributed by atoms with E-state index in [2.05, 4.69) is 4.99 Å². The van der Waals surface area contributed by atoms with Crippen molar-refractivity contribution >= 4 is 23.2 Å². The molecule has 0 aliphatic carbocycles. The standard InChI is InChI=1S/C7H8N2O4S/c1-4(10)8-7-9(13)5(3-14-7)2-6(11)12/h3,13H,2H2,1H3,(H,11,12). The van der Waals surface area contributed by atoms with Crippen molar-refractivity contribution < 1.29 is 19.9 Å². The predicted octanol–water partition coefficient (Wildman–Crippen LogP) is -0.139. The zero-order valence-electron chi connectivity index (χ0n) is 7.30. The van der Waals surface area contributed by atoms with Gasteiger partial charge < -0.3 is 10.3 Å². The van der Waals surface area contributed by atoms with Crippen molar-refractivity contribution in [2.75, 3.05) is 0 Å². The van der Waals surface area contributed by atoms with Crippen LogP contribution in [-0.4, -0.2) is 26.9 Å². The molecule has 0 fully saturated rings. The molecule has 1 aromatic heterocycles. The van der Waals surface area contributed by atoms with E-state index in [1.54, 1.807) is 0 Å². The van der Waals surface area contributed by atoms with Crippen LogP contribution in [0.2, 0.25) is 0 Å². The van der Waals surface area contributed by atoms with E-state index in [9.17, 15) is 14.8 Å². The highest BCUT2D eigenvalue weighted by atomic mass is 32.1. The minimum Gasteiger partial charge on any atom is -0.481 e. The number of aliphatic carboxylic acids is 1. The van der Waals surface area contributed by atoms with Crippen LogP contribution in [0.4, 0.5) is 0 Å². The molecule has 0 saturated heterocycles. The van der Waals surface area contributed by atoms with Crippen LogP contribution in [0.25, 0.3) is 0 Å². The van der Waals surface area contributed by atoms with Crippen molar-refractivity contribution in [1.82, 2.24) is 4.73 Å². The summed E-state index contributed by atoms with van der Waals surface area (Å²) in [5, 5.41) is 19.2. The molecule has 0 radical (unpaired) electrons. The van der Waals surface area contributed by atoms with Crippen molar-refractivity contribution in [3.8, 4) is 0 Å². The molecule has 0 aliphatic heterocycles. The summed E-state index contributed by atoms with van der Waals surface area (Å²) in [5.41, 5.74) is 0.197. The molecule has 76 valence electrons. The molecule has 0 aromatic carbocycles. The number of nitrogens with zero attached hydrogens (tertiary/aromatic N) is 2. The number of carbonyl (C=O) groups excluding carboxylic acids is 1. The number of amides is 1. The molecule has 1 heterocycles. The number of carboxylic acid groups (broad SMARTS) is 1. The SMILES string of the molecule is CC(=O)N=c1scc(CC(=O)O)n1O. The van der Waals surface area contributed by atoms with E-state index in [4.69, 9.17) is 5.11 Å². The van der Waals surface area contributed by atoms with Crippen molar-refractivity contribution in [3.63, 3.8) is 0 Å². The second-order valence-corrected chi connectivity index (χ2v) is 3.36. The second kappa shape index (κ2) is 4.05. The summed E-state index contributed by atoms with van der Waals surface area (Å²) in [5.74, 6) is -1.50. The number of hydrogen-bond donors (Lipinski definition) is 2. The van der Waals surface area contributed by atoms with E-state index in [-0.39, 0.29) is 16.9 Å². The number of thiazole rings is 1. The molecule has 0 spiro atoms. The number of hydrogen-bond acceptors (Lipinski definition) is 4. The van der Waals surface area contributed by atoms with Gasteiger partial charge in [0.1, 0.15) is 0 Å². The molecule has 0 unspecified atom stereocenters. The van der Waals surface area contributed by atoms with Gasteiger partial charge in [0, 0.05) is 12.3 Å². The highest BCUT2D eigenvalue weighted by Gasteiger charge is 2.08. The maximum absolute atomic E-state index is 10.6. The zero-order valence-corrected chi connectivity index (χ0v) is 8.11. The van der Waals surface area contributed by atoms with Gasteiger partial charge in [-0.1, -0.05) is 0 Å². The molecule has 7 heteroatoms. The van der Waals surface area contributed by atoms with Crippen molar-refractivity contribution in [3.05, 3.63) is 15.9 Å². The van der Waals surface area contributed by atoms with E-state index in [0.717, 1.165) is 11.3 Å². The third-order valence-electron chi connectivity index (χ3n) is 1.34. The van der Waals surface area contributed by atoms with Gasteiger partial charge in [-0.2, -0.15) is 9.72 Å². The summed E-state index contributed by atoms with van der Waals surface area (Å²) < 4.78 is 0.611. The Kier molecular flexibility index (Phi) is 3.03. The molecular formula is C7H8N2O4S. The van der Waals surface area contributed by atoms with E-state index in [0.29, 0.717) is 4.73 Å². The summed E-state index contributed by atoms with van der Waals surface area (Å²) in [6, 6.07) is 0. The van der Waals surface area contributed by atoms with Gasteiger partial charge in [0.2, 0.25) is 10.7 Å². The second-order valence-electron chi connectivity index (χ2n) is 2.52. The van der Waals surface area contributed by atoms with Crippen LogP contribution < -0.4 is 4.80 Å². The van der Waals surface area contributed by atoms with Crippen LogP contribution in [-0.2, 0) is 16.0 Å². The maximum Gasteiger partial charge on any atom is 0.309 e. The van der Waals surface area contributed by atoms with E-state index in [1.807, 2.05) is 0 Å². The van der Waals surface area contributed by atoms with Crippen LogP contribution in [0.15, 0.2) is 10.4 Å². The van der Waals surface area contributed by atoms with Gasteiger partial charge in [-0.15, -0.1) is 11.3 Å². The summed E-state index contributed by atoms with van der Waals surface area (Å²) in [7, 11) is 0. The lowest BCUT2D eigenvalue weighted by atomic mass is 10.3. The summed E-state index contributed by atoms with van der Waals surface area (Å²) in [6.07, 6.45) is -0.305. The first-order valence-electron chi connectivity index (χ1n) is 3.66. The first kappa shape index (κ1) is 10.5. The van der Waals surface area contributed by atoms with Gasteiger partial charge in [-0.25, -0.2) is 0 Å². The number of carboxylic acids is 1. The van der Waals surface area contributed by atoms with Crippen LogP contribution in [0, 0.1) is 0 Å². The van der Waals surface area contributed by atoms with Crippen molar-refractivity contribution in [2.24, 2.45) is 4.99 Å². The molecular weight excluding hydrogens is 208 g/mol. The van der Waals surface area contributed by atoms with Gasteiger partial charge in [0.25, 0.3) is 0 Å². The third-order valence-corrected chi connectivity index (χ3v) is 2.20. The summed E-state index contributed by atoms with van der Waals surface area (Å²) in [4.78, 5) is 24.5. The quantitative estimate of drug-likeness (QED) is 0.673. The topological polar surface area (TPSA) is 91.9 Å². The Hall–Kier alpha value is -1.63. The largest absolute Gasteiger partial charge is 0.481 e. The Morgan fingerprint density at radius 2 is 2.29 bits per heavy atom. The predicted molar refractivity (Wildman–Crippen MR) is 47.1 cm³/mol. The first-order chi connectivity index (χ1) is 6.50. The van der Waals surface area contributed by atoms with Gasteiger partial charge in [-0.3, -0.25) is 9.59 Å². The zero-order chi connectivity index (χ0) is 10.7. The van der Waals surface area contributed by atoms with Crippen molar-refractivity contribution in [2.45, 2.75) is 13.3 Å². The number of aromatic nitrogens is 1. The maximum atomic E-state index is 10.6. The minimum absolute atomic E-state index is 0.0775. The molecule has 0 saturated carbocycles. The molecule has 1 amide bonds. The molecule has 6 nitrogen and oxygen atoms in total. The Morgan fingerprint density at radius 3 is 2.79 bits per heavy atom. The van der Waals surface area contributed by atoms with Gasteiger partial charge in [-0.05, 0) is 0 Å². The molecule has 0 aliphatic rings. The fourth-order valence-corrected chi connectivity index (χ4v) is 1.65. The molecule has 2 N–H and O–H groups in total. The molecule has 1 rings (SSSR count).